The molecule has 3 rings (SSSR count). The Balaban J connectivity index is 0.00000120. The zero-order chi connectivity index (χ0) is 11.8. The van der Waals surface area contributed by atoms with E-state index in [0.717, 1.165) is 30.9 Å². The molecule has 0 aromatic heterocycles. The molecule has 0 aliphatic carbocycles. The van der Waals surface area contributed by atoms with Crippen molar-refractivity contribution in [2.75, 3.05) is 0 Å². The Morgan fingerprint density at radius 2 is 1.56 bits per heavy atom. The molecular formula is C14H18ClF2N. The van der Waals surface area contributed by atoms with Crippen LogP contribution >= 0.6 is 12.4 Å². The standard InChI is InChI=1S/C14H17F2N.ClH/c15-11-4-9(5-12(16)8-11)3-10-6-13-1-2-14(7-10)17-13;/h4-5,8,10,13-14,17H,1-3,6-7H2;1H. The summed E-state index contributed by atoms with van der Waals surface area (Å²) in [4.78, 5) is 0. The Labute approximate surface area is 112 Å². The van der Waals surface area contributed by atoms with Crippen LogP contribution in [0.2, 0.25) is 0 Å². The first-order valence-corrected chi connectivity index (χ1v) is 6.40. The van der Waals surface area contributed by atoms with Crippen LogP contribution in [-0.2, 0) is 6.42 Å². The molecule has 2 atom stereocenters. The van der Waals surface area contributed by atoms with Crippen LogP contribution in [0.3, 0.4) is 0 Å². The highest BCUT2D eigenvalue weighted by Crippen LogP contribution is 2.32. The highest BCUT2D eigenvalue weighted by atomic mass is 35.5. The van der Waals surface area contributed by atoms with Gasteiger partial charge in [-0.05, 0) is 55.7 Å². The van der Waals surface area contributed by atoms with E-state index in [4.69, 9.17) is 0 Å². The molecule has 18 heavy (non-hydrogen) atoms. The average Bonchev–Trinajstić information content (AvgIpc) is 2.56. The number of rotatable bonds is 2. The first-order valence-electron chi connectivity index (χ1n) is 6.40. The molecule has 2 fully saturated rings. The quantitative estimate of drug-likeness (QED) is 0.870. The third kappa shape index (κ3) is 3.01. The molecule has 100 valence electrons. The SMILES string of the molecule is Cl.Fc1cc(F)cc(CC2CC3CCC(C2)N3)c1. The Hall–Kier alpha value is -0.670. The van der Waals surface area contributed by atoms with Gasteiger partial charge >= 0.3 is 0 Å². The highest BCUT2D eigenvalue weighted by Gasteiger charge is 2.33. The minimum Gasteiger partial charge on any atom is -0.311 e. The maximum atomic E-state index is 13.1. The molecule has 2 bridgehead atoms. The summed E-state index contributed by atoms with van der Waals surface area (Å²) in [7, 11) is 0. The molecule has 0 amide bonds. The van der Waals surface area contributed by atoms with Crippen LogP contribution in [0.5, 0.6) is 0 Å². The molecule has 1 aromatic carbocycles. The molecule has 2 unspecified atom stereocenters. The van der Waals surface area contributed by atoms with E-state index in [1.54, 1.807) is 0 Å². The lowest BCUT2D eigenvalue weighted by molar-refractivity contribution is 0.298. The second-order valence-electron chi connectivity index (χ2n) is 5.46. The van der Waals surface area contributed by atoms with Crippen LogP contribution in [0.1, 0.15) is 31.2 Å². The maximum absolute atomic E-state index is 13.1. The van der Waals surface area contributed by atoms with E-state index in [9.17, 15) is 8.78 Å². The van der Waals surface area contributed by atoms with Crippen LogP contribution in [0, 0.1) is 17.6 Å². The Morgan fingerprint density at radius 3 is 2.11 bits per heavy atom. The van der Waals surface area contributed by atoms with Gasteiger partial charge in [-0.15, -0.1) is 12.4 Å². The number of nitrogens with one attached hydrogen (secondary N) is 1. The minimum atomic E-state index is -0.461. The van der Waals surface area contributed by atoms with Gasteiger partial charge in [0.15, 0.2) is 0 Å². The summed E-state index contributed by atoms with van der Waals surface area (Å²) in [5.74, 6) is -0.344. The first-order chi connectivity index (χ1) is 8.19. The molecule has 2 saturated heterocycles. The Bertz CT molecular complexity index is 392. The molecule has 0 radical (unpaired) electrons. The number of hydrogen-bond donors (Lipinski definition) is 1. The van der Waals surface area contributed by atoms with E-state index in [1.165, 1.54) is 25.0 Å². The van der Waals surface area contributed by atoms with E-state index in [-0.39, 0.29) is 12.4 Å². The predicted molar refractivity (Wildman–Crippen MR) is 70.0 cm³/mol. The second-order valence-corrected chi connectivity index (χ2v) is 5.46. The Kier molecular flexibility index (Phi) is 4.23. The second kappa shape index (κ2) is 5.54. The summed E-state index contributed by atoms with van der Waals surface area (Å²) in [5, 5.41) is 3.58. The fourth-order valence-corrected chi connectivity index (χ4v) is 3.40. The van der Waals surface area contributed by atoms with E-state index in [0.29, 0.717) is 18.0 Å². The molecule has 1 aromatic rings. The molecule has 2 aliphatic rings. The van der Waals surface area contributed by atoms with E-state index in [1.807, 2.05) is 0 Å². The van der Waals surface area contributed by atoms with Crippen molar-refractivity contribution >= 4 is 12.4 Å². The zero-order valence-electron chi connectivity index (χ0n) is 10.2. The summed E-state index contributed by atoms with van der Waals surface area (Å²) in [6.45, 7) is 0. The Morgan fingerprint density at radius 1 is 1.00 bits per heavy atom. The van der Waals surface area contributed by atoms with Gasteiger partial charge in [-0.25, -0.2) is 8.78 Å². The molecule has 1 N–H and O–H groups in total. The number of fused-ring (bicyclic) bond motifs is 2. The van der Waals surface area contributed by atoms with Crippen molar-refractivity contribution in [3.8, 4) is 0 Å². The van der Waals surface area contributed by atoms with Gasteiger partial charge in [0.25, 0.3) is 0 Å². The van der Waals surface area contributed by atoms with Gasteiger partial charge in [-0.1, -0.05) is 0 Å². The van der Waals surface area contributed by atoms with Gasteiger partial charge in [0.05, 0.1) is 0 Å². The summed E-state index contributed by atoms with van der Waals surface area (Å²) >= 11 is 0. The van der Waals surface area contributed by atoms with Gasteiger partial charge < -0.3 is 5.32 Å². The van der Waals surface area contributed by atoms with Crippen LogP contribution in [0.4, 0.5) is 8.78 Å². The van der Waals surface area contributed by atoms with Crippen LogP contribution < -0.4 is 5.32 Å². The molecule has 2 heterocycles. The monoisotopic (exact) mass is 273 g/mol. The summed E-state index contributed by atoms with van der Waals surface area (Å²) in [6, 6.07) is 5.14. The predicted octanol–water partition coefficient (Wildman–Crippen LogP) is 3.46. The number of hydrogen-bond acceptors (Lipinski definition) is 1. The number of piperidine rings is 1. The van der Waals surface area contributed by atoms with Crippen molar-refractivity contribution in [2.45, 2.75) is 44.2 Å². The zero-order valence-corrected chi connectivity index (χ0v) is 11.0. The number of benzene rings is 1. The fourth-order valence-electron chi connectivity index (χ4n) is 3.40. The normalized spacial score (nSPS) is 30.0. The lowest BCUT2D eigenvalue weighted by Crippen LogP contribution is -2.38. The van der Waals surface area contributed by atoms with Crippen molar-refractivity contribution in [3.63, 3.8) is 0 Å². The molecule has 4 heteroatoms. The third-order valence-corrected chi connectivity index (χ3v) is 4.02. The molecule has 2 aliphatic heterocycles. The van der Waals surface area contributed by atoms with Gasteiger partial charge in [0, 0.05) is 18.2 Å². The van der Waals surface area contributed by atoms with Gasteiger partial charge in [-0.2, -0.15) is 0 Å². The van der Waals surface area contributed by atoms with Crippen molar-refractivity contribution in [3.05, 3.63) is 35.4 Å². The molecule has 0 saturated carbocycles. The maximum Gasteiger partial charge on any atom is 0.126 e. The lowest BCUT2D eigenvalue weighted by atomic mass is 9.87. The summed E-state index contributed by atoms with van der Waals surface area (Å²) in [6.07, 6.45) is 5.63. The summed E-state index contributed by atoms with van der Waals surface area (Å²) in [5.41, 5.74) is 0.800. The van der Waals surface area contributed by atoms with Gasteiger partial charge in [-0.3, -0.25) is 0 Å². The van der Waals surface area contributed by atoms with Crippen molar-refractivity contribution < 1.29 is 8.78 Å². The van der Waals surface area contributed by atoms with Crippen molar-refractivity contribution in [1.29, 1.82) is 0 Å². The van der Waals surface area contributed by atoms with E-state index < -0.39 is 11.6 Å². The molecule has 0 spiro atoms. The molecular weight excluding hydrogens is 256 g/mol. The van der Waals surface area contributed by atoms with E-state index in [2.05, 4.69) is 5.32 Å². The fraction of sp³-hybridized carbons (Fsp3) is 0.571. The van der Waals surface area contributed by atoms with Crippen LogP contribution in [-0.4, -0.2) is 12.1 Å². The first kappa shape index (κ1) is 13.8. The topological polar surface area (TPSA) is 12.0 Å². The largest absolute Gasteiger partial charge is 0.311 e. The van der Waals surface area contributed by atoms with Gasteiger partial charge in [0.2, 0.25) is 0 Å². The highest BCUT2D eigenvalue weighted by molar-refractivity contribution is 5.85. The number of halogens is 3. The van der Waals surface area contributed by atoms with Crippen molar-refractivity contribution in [1.82, 2.24) is 5.32 Å². The molecule has 1 nitrogen and oxygen atoms in total. The smallest absolute Gasteiger partial charge is 0.126 e. The van der Waals surface area contributed by atoms with Gasteiger partial charge in [0.1, 0.15) is 11.6 Å². The third-order valence-electron chi connectivity index (χ3n) is 4.02. The average molecular weight is 274 g/mol. The van der Waals surface area contributed by atoms with Crippen LogP contribution in [0.25, 0.3) is 0 Å². The van der Waals surface area contributed by atoms with E-state index >= 15 is 0 Å². The summed E-state index contributed by atoms with van der Waals surface area (Å²) < 4.78 is 26.2. The van der Waals surface area contributed by atoms with Crippen LogP contribution in [0.15, 0.2) is 18.2 Å². The minimum absolute atomic E-state index is 0. The van der Waals surface area contributed by atoms with Crippen molar-refractivity contribution in [2.24, 2.45) is 5.92 Å². The lowest BCUT2D eigenvalue weighted by Gasteiger charge is -2.29.